The van der Waals surface area contributed by atoms with Crippen LogP contribution in [0.2, 0.25) is 5.02 Å². The maximum Gasteiger partial charge on any atom is 0.194 e. The van der Waals surface area contributed by atoms with Crippen LogP contribution < -0.4 is 0 Å². The molecule has 0 amide bonds. The standard InChI is InChI=1S/C14H13ClN2O/c1-10-13(8-9-16)17-14(18-10)7-4-11-2-5-12(15)6-3-11/h2-3,5-6H,4,7-8H2,1H3. The Morgan fingerprint density at radius 2 is 2.00 bits per heavy atom. The minimum atomic E-state index is 0.302. The zero-order valence-electron chi connectivity index (χ0n) is 10.1. The van der Waals surface area contributed by atoms with E-state index in [1.807, 2.05) is 31.2 Å². The molecule has 0 saturated carbocycles. The molecule has 0 aliphatic heterocycles. The highest BCUT2D eigenvalue weighted by Crippen LogP contribution is 2.14. The van der Waals surface area contributed by atoms with Crippen molar-refractivity contribution in [1.29, 1.82) is 5.26 Å². The second kappa shape index (κ2) is 5.70. The Morgan fingerprint density at radius 1 is 1.28 bits per heavy atom. The third kappa shape index (κ3) is 3.12. The van der Waals surface area contributed by atoms with E-state index in [1.165, 1.54) is 5.56 Å². The molecule has 1 aromatic carbocycles. The molecule has 0 aliphatic rings. The molecule has 1 aromatic heterocycles. The third-order valence-corrected chi connectivity index (χ3v) is 2.98. The number of oxazole rings is 1. The topological polar surface area (TPSA) is 49.8 Å². The van der Waals surface area contributed by atoms with Gasteiger partial charge in [-0.25, -0.2) is 4.98 Å². The Hall–Kier alpha value is -1.79. The van der Waals surface area contributed by atoms with Gasteiger partial charge in [0.1, 0.15) is 5.76 Å². The third-order valence-electron chi connectivity index (χ3n) is 2.72. The lowest BCUT2D eigenvalue weighted by atomic mass is 10.1. The van der Waals surface area contributed by atoms with Crippen molar-refractivity contribution in [3.05, 3.63) is 52.2 Å². The van der Waals surface area contributed by atoms with Crippen molar-refractivity contribution in [1.82, 2.24) is 4.98 Å². The van der Waals surface area contributed by atoms with E-state index in [1.54, 1.807) is 0 Å². The highest BCUT2D eigenvalue weighted by molar-refractivity contribution is 6.30. The van der Waals surface area contributed by atoms with Crippen LogP contribution in [0.4, 0.5) is 0 Å². The fourth-order valence-corrected chi connectivity index (χ4v) is 1.86. The van der Waals surface area contributed by atoms with Gasteiger partial charge in [0.05, 0.1) is 18.2 Å². The Bertz CT molecular complexity index is 566. The number of rotatable bonds is 4. The summed E-state index contributed by atoms with van der Waals surface area (Å²) < 4.78 is 5.52. The Kier molecular flexibility index (Phi) is 4.01. The smallest absolute Gasteiger partial charge is 0.194 e. The number of hydrogen-bond donors (Lipinski definition) is 0. The highest BCUT2D eigenvalue weighted by atomic mass is 35.5. The molecule has 0 fully saturated rings. The minimum Gasteiger partial charge on any atom is -0.446 e. The van der Waals surface area contributed by atoms with Crippen LogP contribution in [0, 0.1) is 18.3 Å². The second-order valence-corrected chi connectivity index (χ2v) is 4.51. The fraction of sp³-hybridized carbons (Fsp3) is 0.286. The summed E-state index contributed by atoms with van der Waals surface area (Å²) in [5, 5.41) is 9.38. The number of nitriles is 1. The summed E-state index contributed by atoms with van der Waals surface area (Å²) in [6, 6.07) is 9.82. The maximum absolute atomic E-state index is 8.64. The van der Waals surface area contributed by atoms with Gasteiger partial charge in [0.25, 0.3) is 0 Å². The quantitative estimate of drug-likeness (QED) is 0.846. The van der Waals surface area contributed by atoms with Crippen LogP contribution >= 0.6 is 11.6 Å². The van der Waals surface area contributed by atoms with Crippen LogP contribution in [0.1, 0.15) is 22.9 Å². The van der Waals surface area contributed by atoms with E-state index in [4.69, 9.17) is 21.3 Å². The maximum atomic E-state index is 8.64. The van der Waals surface area contributed by atoms with Gasteiger partial charge in [-0.2, -0.15) is 5.26 Å². The number of hydrogen-bond acceptors (Lipinski definition) is 3. The summed E-state index contributed by atoms with van der Waals surface area (Å²) in [4.78, 5) is 4.32. The molecule has 0 N–H and O–H groups in total. The van der Waals surface area contributed by atoms with E-state index in [2.05, 4.69) is 11.1 Å². The van der Waals surface area contributed by atoms with Crippen molar-refractivity contribution in [3.8, 4) is 6.07 Å². The van der Waals surface area contributed by atoms with Crippen molar-refractivity contribution in [2.75, 3.05) is 0 Å². The monoisotopic (exact) mass is 260 g/mol. The van der Waals surface area contributed by atoms with Crippen LogP contribution in [-0.4, -0.2) is 4.98 Å². The molecule has 3 nitrogen and oxygen atoms in total. The first-order valence-electron chi connectivity index (χ1n) is 5.75. The Morgan fingerprint density at radius 3 is 2.67 bits per heavy atom. The van der Waals surface area contributed by atoms with Crippen molar-refractivity contribution in [3.63, 3.8) is 0 Å². The summed E-state index contributed by atoms with van der Waals surface area (Å²) in [5.74, 6) is 1.43. The van der Waals surface area contributed by atoms with Gasteiger partial charge >= 0.3 is 0 Å². The molecule has 0 spiro atoms. The van der Waals surface area contributed by atoms with Gasteiger partial charge in [-0.05, 0) is 31.0 Å². The van der Waals surface area contributed by atoms with E-state index in [-0.39, 0.29) is 0 Å². The molecule has 2 rings (SSSR count). The Balaban J connectivity index is 2.00. The van der Waals surface area contributed by atoms with Crippen LogP contribution in [-0.2, 0) is 19.3 Å². The molecular formula is C14H13ClN2O. The van der Waals surface area contributed by atoms with Crippen LogP contribution in [0.15, 0.2) is 28.7 Å². The highest BCUT2D eigenvalue weighted by Gasteiger charge is 2.08. The number of benzene rings is 1. The van der Waals surface area contributed by atoms with Crippen molar-refractivity contribution in [2.24, 2.45) is 0 Å². The molecule has 0 saturated heterocycles. The summed E-state index contributed by atoms with van der Waals surface area (Å²) in [5.41, 5.74) is 1.93. The van der Waals surface area contributed by atoms with Gasteiger partial charge in [-0.1, -0.05) is 23.7 Å². The first-order valence-corrected chi connectivity index (χ1v) is 6.13. The molecule has 4 heteroatoms. The molecule has 92 valence electrons. The number of halogens is 1. The van der Waals surface area contributed by atoms with Gasteiger partial charge in [0, 0.05) is 11.4 Å². The average molecular weight is 261 g/mol. The van der Waals surface area contributed by atoms with Gasteiger partial charge in [-0.15, -0.1) is 0 Å². The lowest BCUT2D eigenvalue weighted by molar-refractivity contribution is 0.469. The van der Waals surface area contributed by atoms with Crippen molar-refractivity contribution in [2.45, 2.75) is 26.2 Å². The second-order valence-electron chi connectivity index (χ2n) is 4.07. The molecule has 0 atom stereocenters. The van der Waals surface area contributed by atoms with Gasteiger partial charge < -0.3 is 4.42 Å². The first-order chi connectivity index (χ1) is 8.69. The number of nitrogens with zero attached hydrogens (tertiary/aromatic N) is 2. The zero-order chi connectivity index (χ0) is 13.0. The van der Waals surface area contributed by atoms with Crippen molar-refractivity contribution < 1.29 is 4.42 Å². The predicted molar refractivity (Wildman–Crippen MR) is 69.4 cm³/mol. The summed E-state index contributed by atoms with van der Waals surface area (Å²) in [7, 11) is 0. The van der Waals surface area contributed by atoms with Gasteiger partial charge in [-0.3, -0.25) is 0 Å². The lowest BCUT2D eigenvalue weighted by Crippen LogP contribution is -1.92. The summed E-state index contributed by atoms with van der Waals surface area (Å²) >= 11 is 5.83. The molecule has 0 bridgehead atoms. The minimum absolute atomic E-state index is 0.302. The van der Waals surface area contributed by atoms with Crippen LogP contribution in [0.5, 0.6) is 0 Å². The average Bonchev–Trinajstić information content (AvgIpc) is 2.70. The summed E-state index contributed by atoms with van der Waals surface area (Å²) in [6.45, 7) is 1.84. The molecule has 1 heterocycles. The SMILES string of the molecule is Cc1oc(CCc2ccc(Cl)cc2)nc1CC#N. The first kappa shape index (κ1) is 12.7. The fourth-order valence-electron chi connectivity index (χ4n) is 1.74. The van der Waals surface area contributed by atoms with Crippen LogP contribution in [0.3, 0.4) is 0 Å². The van der Waals surface area contributed by atoms with E-state index >= 15 is 0 Å². The number of aromatic nitrogens is 1. The van der Waals surface area contributed by atoms with E-state index < -0.39 is 0 Å². The summed E-state index contributed by atoms with van der Waals surface area (Å²) in [6.07, 6.45) is 1.88. The number of aryl methyl sites for hydroxylation is 3. The van der Waals surface area contributed by atoms with E-state index in [9.17, 15) is 0 Å². The van der Waals surface area contributed by atoms with E-state index in [0.29, 0.717) is 12.3 Å². The molecule has 0 aliphatic carbocycles. The molecule has 0 unspecified atom stereocenters. The van der Waals surface area contributed by atoms with Crippen molar-refractivity contribution >= 4 is 11.6 Å². The largest absolute Gasteiger partial charge is 0.446 e. The Labute approximate surface area is 111 Å². The molecular weight excluding hydrogens is 248 g/mol. The molecule has 0 radical (unpaired) electrons. The molecule has 2 aromatic rings. The van der Waals surface area contributed by atoms with Gasteiger partial charge in [0.2, 0.25) is 0 Å². The zero-order valence-corrected chi connectivity index (χ0v) is 10.9. The molecule has 18 heavy (non-hydrogen) atoms. The normalized spacial score (nSPS) is 10.3. The predicted octanol–water partition coefficient (Wildman–Crippen LogP) is 3.49. The lowest BCUT2D eigenvalue weighted by Gasteiger charge is -1.98. The van der Waals surface area contributed by atoms with Crippen LogP contribution in [0.25, 0.3) is 0 Å². The van der Waals surface area contributed by atoms with E-state index in [0.717, 1.165) is 29.3 Å². The van der Waals surface area contributed by atoms with Gasteiger partial charge in [0.15, 0.2) is 5.89 Å².